The number of unbranched alkanes of at least 4 members (excludes halogenated alkanes) is 1. The maximum absolute atomic E-state index is 12.1. The molecule has 0 aromatic carbocycles. The van der Waals surface area contributed by atoms with Crippen LogP contribution in [0, 0.1) is 5.92 Å². The van der Waals surface area contributed by atoms with Crippen molar-refractivity contribution in [3.05, 3.63) is 0 Å². The lowest BCUT2D eigenvalue weighted by Crippen LogP contribution is -2.38. The van der Waals surface area contributed by atoms with Gasteiger partial charge in [-0.05, 0) is 25.7 Å². The molecule has 0 aromatic rings. The van der Waals surface area contributed by atoms with E-state index >= 15 is 0 Å². The monoisotopic (exact) mass is 288 g/mol. The lowest BCUT2D eigenvalue weighted by Gasteiger charge is -2.21. The van der Waals surface area contributed by atoms with E-state index in [1.165, 1.54) is 0 Å². The fraction of sp³-hybridized carbons (Fsp3) is 0.923. The minimum Gasteiger partial charge on any atom is -0.341 e. The lowest BCUT2D eigenvalue weighted by atomic mass is 10.3. The third-order valence-corrected chi connectivity index (χ3v) is 5.80. The van der Waals surface area contributed by atoms with Crippen molar-refractivity contribution in [1.29, 1.82) is 0 Å². The first kappa shape index (κ1) is 14.8. The van der Waals surface area contributed by atoms with Crippen molar-refractivity contribution in [3.63, 3.8) is 0 Å². The Kier molecular flexibility index (Phi) is 4.84. The molecule has 110 valence electrons. The fourth-order valence-electron chi connectivity index (χ4n) is 2.44. The highest BCUT2D eigenvalue weighted by molar-refractivity contribution is 7.89. The molecule has 5 nitrogen and oxygen atoms in total. The van der Waals surface area contributed by atoms with Crippen molar-refractivity contribution in [2.24, 2.45) is 5.92 Å². The Morgan fingerprint density at radius 1 is 1.16 bits per heavy atom. The van der Waals surface area contributed by atoms with Crippen LogP contribution in [0.2, 0.25) is 0 Å². The summed E-state index contributed by atoms with van der Waals surface area (Å²) in [6, 6.07) is 0. The first-order valence-electron chi connectivity index (χ1n) is 7.31. The average molecular weight is 288 g/mol. The van der Waals surface area contributed by atoms with E-state index in [9.17, 15) is 13.2 Å². The van der Waals surface area contributed by atoms with Gasteiger partial charge in [-0.2, -0.15) is 0 Å². The van der Waals surface area contributed by atoms with E-state index in [2.05, 4.69) is 0 Å². The van der Waals surface area contributed by atoms with Crippen LogP contribution < -0.4 is 0 Å². The zero-order chi connectivity index (χ0) is 13.9. The molecule has 0 radical (unpaired) electrons. The van der Waals surface area contributed by atoms with Crippen LogP contribution >= 0.6 is 0 Å². The molecule has 6 heteroatoms. The van der Waals surface area contributed by atoms with Gasteiger partial charge in [-0.15, -0.1) is 0 Å². The Morgan fingerprint density at radius 2 is 1.89 bits per heavy atom. The van der Waals surface area contributed by atoms with Gasteiger partial charge in [-0.3, -0.25) is 4.79 Å². The topological polar surface area (TPSA) is 57.7 Å². The SMILES string of the molecule is CCCCS(=O)(=O)N1CCCN(C(=O)C2CC2)CC1. The molecule has 2 aliphatic rings. The quantitative estimate of drug-likeness (QED) is 0.760. The van der Waals surface area contributed by atoms with E-state index in [1.54, 1.807) is 4.31 Å². The van der Waals surface area contributed by atoms with E-state index in [-0.39, 0.29) is 17.6 Å². The number of nitrogens with zero attached hydrogens (tertiary/aromatic N) is 2. The Balaban J connectivity index is 1.90. The Labute approximate surface area is 116 Å². The molecule has 1 heterocycles. The Hall–Kier alpha value is -0.620. The summed E-state index contributed by atoms with van der Waals surface area (Å²) in [7, 11) is -3.13. The normalized spacial score (nSPS) is 22.3. The minimum absolute atomic E-state index is 0.225. The number of hydrogen-bond donors (Lipinski definition) is 0. The number of carbonyl (C=O) groups excluding carboxylic acids is 1. The number of amides is 1. The number of sulfonamides is 1. The smallest absolute Gasteiger partial charge is 0.225 e. The first-order chi connectivity index (χ1) is 9.04. The molecular weight excluding hydrogens is 264 g/mol. The van der Waals surface area contributed by atoms with Crippen LogP contribution in [0.1, 0.15) is 39.0 Å². The zero-order valence-electron chi connectivity index (χ0n) is 11.7. The molecule has 1 amide bonds. The predicted octanol–water partition coefficient (Wildman–Crippen LogP) is 1.06. The average Bonchev–Trinajstić information content (AvgIpc) is 3.20. The molecule has 0 spiro atoms. The number of hydrogen-bond acceptors (Lipinski definition) is 3. The molecule has 0 bridgehead atoms. The molecule has 1 aliphatic heterocycles. The van der Waals surface area contributed by atoms with Crippen LogP contribution in [0.5, 0.6) is 0 Å². The van der Waals surface area contributed by atoms with Crippen molar-refractivity contribution in [3.8, 4) is 0 Å². The highest BCUT2D eigenvalue weighted by Crippen LogP contribution is 2.31. The molecule has 19 heavy (non-hydrogen) atoms. The molecule has 2 rings (SSSR count). The summed E-state index contributed by atoms with van der Waals surface area (Å²) in [4.78, 5) is 13.9. The lowest BCUT2D eigenvalue weighted by molar-refractivity contribution is -0.132. The Morgan fingerprint density at radius 3 is 2.53 bits per heavy atom. The largest absolute Gasteiger partial charge is 0.341 e. The molecule has 0 N–H and O–H groups in total. The van der Waals surface area contributed by atoms with Gasteiger partial charge < -0.3 is 4.90 Å². The second kappa shape index (κ2) is 6.22. The van der Waals surface area contributed by atoms with Crippen molar-refractivity contribution in [2.45, 2.75) is 39.0 Å². The molecule has 0 atom stereocenters. The van der Waals surface area contributed by atoms with Gasteiger partial charge in [0.2, 0.25) is 15.9 Å². The number of carbonyl (C=O) groups is 1. The summed E-state index contributed by atoms with van der Waals surface area (Å²) < 4.78 is 25.9. The van der Waals surface area contributed by atoms with E-state index in [0.29, 0.717) is 32.6 Å². The third kappa shape index (κ3) is 3.92. The summed E-state index contributed by atoms with van der Waals surface area (Å²) in [6.45, 7) is 4.27. The molecule has 1 aliphatic carbocycles. The van der Waals surface area contributed by atoms with Crippen LogP contribution in [0.25, 0.3) is 0 Å². The van der Waals surface area contributed by atoms with Gasteiger partial charge in [0.15, 0.2) is 0 Å². The van der Waals surface area contributed by atoms with Crippen molar-refractivity contribution < 1.29 is 13.2 Å². The standard InChI is InChI=1S/C13H24N2O3S/c1-2-3-11-19(17,18)15-8-4-7-14(9-10-15)13(16)12-5-6-12/h12H,2-11H2,1H3. The van der Waals surface area contributed by atoms with Crippen LogP contribution in [0.15, 0.2) is 0 Å². The summed E-state index contributed by atoms with van der Waals surface area (Å²) in [6.07, 6.45) is 4.37. The maximum Gasteiger partial charge on any atom is 0.225 e. The van der Waals surface area contributed by atoms with Crippen molar-refractivity contribution in [1.82, 2.24) is 9.21 Å². The van der Waals surface area contributed by atoms with Crippen molar-refractivity contribution in [2.75, 3.05) is 31.9 Å². The minimum atomic E-state index is -3.13. The van der Waals surface area contributed by atoms with Gasteiger partial charge in [-0.1, -0.05) is 13.3 Å². The van der Waals surface area contributed by atoms with Gasteiger partial charge >= 0.3 is 0 Å². The highest BCUT2D eigenvalue weighted by atomic mass is 32.2. The van der Waals surface area contributed by atoms with E-state index in [1.807, 2.05) is 11.8 Å². The maximum atomic E-state index is 12.1. The molecule has 2 fully saturated rings. The molecule has 1 saturated heterocycles. The molecule has 1 saturated carbocycles. The zero-order valence-corrected chi connectivity index (χ0v) is 12.5. The molecular formula is C13H24N2O3S. The van der Waals surface area contributed by atoms with Gasteiger partial charge in [0.1, 0.15) is 0 Å². The second-order valence-corrected chi connectivity index (χ2v) is 7.61. The number of rotatable bonds is 5. The third-order valence-electron chi connectivity index (χ3n) is 3.84. The van der Waals surface area contributed by atoms with E-state index in [0.717, 1.165) is 25.7 Å². The summed E-state index contributed by atoms with van der Waals surface area (Å²) in [5.41, 5.74) is 0. The molecule has 0 unspecified atom stereocenters. The van der Waals surface area contributed by atoms with Crippen LogP contribution in [-0.2, 0) is 14.8 Å². The van der Waals surface area contributed by atoms with E-state index < -0.39 is 10.0 Å². The predicted molar refractivity (Wildman–Crippen MR) is 74.2 cm³/mol. The fourth-order valence-corrected chi connectivity index (χ4v) is 4.12. The van der Waals surface area contributed by atoms with Gasteiger partial charge in [0.05, 0.1) is 5.75 Å². The Bertz CT molecular complexity index is 418. The molecule has 0 aromatic heterocycles. The van der Waals surface area contributed by atoms with Gasteiger partial charge in [0, 0.05) is 32.1 Å². The summed E-state index contributed by atoms with van der Waals surface area (Å²) >= 11 is 0. The van der Waals surface area contributed by atoms with Crippen LogP contribution in [0.3, 0.4) is 0 Å². The van der Waals surface area contributed by atoms with E-state index in [4.69, 9.17) is 0 Å². The van der Waals surface area contributed by atoms with Crippen LogP contribution in [0.4, 0.5) is 0 Å². The summed E-state index contributed by atoms with van der Waals surface area (Å²) in [5, 5.41) is 0. The first-order valence-corrected chi connectivity index (χ1v) is 8.92. The highest BCUT2D eigenvalue weighted by Gasteiger charge is 2.34. The van der Waals surface area contributed by atoms with Gasteiger partial charge in [-0.25, -0.2) is 12.7 Å². The second-order valence-electron chi connectivity index (χ2n) is 5.52. The summed E-state index contributed by atoms with van der Waals surface area (Å²) in [5.74, 6) is 0.691. The van der Waals surface area contributed by atoms with Crippen LogP contribution in [-0.4, -0.2) is 55.5 Å². The van der Waals surface area contributed by atoms with Gasteiger partial charge in [0.25, 0.3) is 0 Å². The van der Waals surface area contributed by atoms with Crippen molar-refractivity contribution >= 4 is 15.9 Å².